The first kappa shape index (κ1) is 12.3. The number of Topliss-reactive ketones (excluding diaryl/α,β-unsaturated/α-hetero) is 1. The third-order valence-corrected chi connectivity index (χ3v) is 2.79. The molecule has 0 heterocycles. The van der Waals surface area contributed by atoms with E-state index < -0.39 is 10.8 Å². The second kappa shape index (κ2) is 4.50. The van der Waals surface area contributed by atoms with E-state index in [4.69, 9.17) is 34.8 Å². The molecule has 4 heteroatoms. The van der Waals surface area contributed by atoms with Gasteiger partial charge in [0.2, 0.25) is 0 Å². The van der Waals surface area contributed by atoms with E-state index in [0.717, 1.165) is 0 Å². The maximum Gasteiger partial charge on any atom is 0.137 e. The second-order valence-corrected chi connectivity index (χ2v) is 4.61. The lowest BCUT2D eigenvalue weighted by Gasteiger charge is -2.24. The number of ketones is 1. The van der Waals surface area contributed by atoms with E-state index in [0.29, 0.717) is 0 Å². The molecule has 12 heavy (non-hydrogen) atoms. The van der Waals surface area contributed by atoms with Gasteiger partial charge < -0.3 is 0 Å². The van der Waals surface area contributed by atoms with Crippen molar-refractivity contribution in [3.8, 4) is 0 Å². The normalized spacial score (nSPS) is 13.8. The fourth-order valence-corrected chi connectivity index (χ4v) is 1.17. The highest BCUT2D eigenvalue weighted by atomic mass is 35.5. The predicted molar refractivity (Wildman–Crippen MR) is 53.9 cm³/mol. The van der Waals surface area contributed by atoms with Crippen LogP contribution in [0.3, 0.4) is 0 Å². The van der Waals surface area contributed by atoms with E-state index in [9.17, 15) is 4.79 Å². The van der Waals surface area contributed by atoms with Crippen molar-refractivity contribution in [2.45, 2.75) is 26.1 Å². The van der Waals surface area contributed by atoms with Crippen LogP contribution in [0.2, 0.25) is 0 Å². The lowest BCUT2D eigenvalue weighted by atomic mass is 9.85. The minimum Gasteiger partial charge on any atom is -0.299 e. The molecular weight excluding hydrogens is 218 g/mol. The fourth-order valence-electron chi connectivity index (χ4n) is 0.513. The molecule has 70 valence electrons. The van der Waals surface area contributed by atoms with Crippen LogP contribution in [-0.2, 0) is 4.79 Å². The standard InChI is InChI=1S/C8H11Cl3O/c1-5(12)8(2,3)6(9)4-7(10)11/h4,6H,1-3H3. The molecule has 0 aromatic rings. The van der Waals surface area contributed by atoms with Crippen LogP contribution >= 0.6 is 34.8 Å². The summed E-state index contributed by atoms with van der Waals surface area (Å²) in [4.78, 5) is 11.1. The molecule has 0 saturated carbocycles. The van der Waals surface area contributed by atoms with Crippen LogP contribution in [-0.4, -0.2) is 11.2 Å². The molecule has 0 aliphatic carbocycles. The first-order valence-corrected chi connectivity index (χ1v) is 4.65. The Kier molecular flexibility index (Phi) is 4.60. The van der Waals surface area contributed by atoms with Gasteiger partial charge in [-0.1, -0.05) is 37.0 Å². The summed E-state index contributed by atoms with van der Waals surface area (Å²) in [7, 11) is 0. The van der Waals surface area contributed by atoms with Gasteiger partial charge in [0.25, 0.3) is 0 Å². The Hall–Kier alpha value is 0.280. The largest absolute Gasteiger partial charge is 0.299 e. The van der Waals surface area contributed by atoms with Crippen molar-refractivity contribution in [1.82, 2.24) is 0 Å². The first-order chi connectivity index (χ1) is 5.28. The maximum absolute atomic E-state index is 11.1. The number of hydrogen-bond donors (Lipinski definition) is 0. The van der Waals surface area contributed by atoms with Crippen molar-refractivity contribution in [2.24, 2.45) is 5.41 Å². The molecule has 0 spiro atoms. The van der Waals surface area contributed by atoms with Crippen LogP contribution in [0.4, 0.5) is 0 Å². The summed E-state index contributed by atoms with van der Waals surface area (Å²) in [6.45, 7) is 4.99. The molecule has 0 aromatic heterocycles. The minimum absolute atomic E-state index is 0.00772. The Labute approximate surface area is 87.7 Å². The number of allylic oxidation sites excluding steroid dienone is 1. The molecule has 0 radical (unpaired) electrons. The Morgan fingerprint density at radius 2 is 1.83 bits per heavy atom. The maximum atomic E-state index is 11.1. The van der Waals surface area contributed by atoms with E-state index in [2.05, 4.69) is 0 Å². The third kappa shape index (κ3) is 3.34. The van der Waals surface area contributed by atoms with Crippen LogP contribution in [0.15, 0.2) is 10.6 Å². The summed E-state index contributed by atoms with van der Waals surface area (Å²) in [5.41, 5.74) is -0.628. The van der Waals surface area contributed by atoms with Gasteiger partial charge in [-0.25, -0.2) is 0 Å². The lowest BCUT2D eigenvalue weighted by Crippen LogP contribution is -2.30. The zero-order chi connectivity index (χ0) is 9.94. The van der Waals surface area contributed by atoms with Gasteiger partial charge in [0.15, 0.2) is 0 Å². The van der Waals surface area contributed by atoms with Crippen LogP contribution in [0.25, 0.3) is 0 Å². The van der Waals surface area contributed by atoms with Gasteiger partial charge in [-0.3, -0.25) is 4.79 Å². The quantitative estimate of drug-likeness (QED) is 0.677. The van der Waals surface area contributed by atoms with Gasteiger partial charge in [0.1, 0.15) is 10.3 Å². The predicted octanol–water partition coefficient (Wildman–Crippen LogP) is 3.53. The monoisotopic (exact) mass is 228 g/mol. The van der Waals surface area contributed by atoms with Crippen molar-refractivity contribution in [3.05, 3.63) is 10.6 Å². The molecule has 1 nitrogen and oxygen atoms in total. The number of carbonyl (C=O) groups is 1. The summed E-state index contributed by atoms with van der Waals surface area (Å²) in [5, 5.41) is -0.472. The van der Waals surface area contributed by atoms with Gasteiger partial charge in [-0.2, -0.15) is 0 Å². The highest BCUT2D eigenvalue weighted by Crippen LogP contribution is 2.29. The van der Waals surface area contributed by atoms with Crippen LogP contribution in [0, 0.1) is 5.41 Å². The molecule has 0 rings (SSSR count). The van der Waals surface area contributed by atoms with Gasteiger partial charge >= 0.3 is 0 Å². The van der Waals surface area contributed by atoms with E-state index >= 15 is 0 Å². The topological polar surface area (TPSA) is 17.1 Å². The minimum atomic E-state index is -0.628. The molecule has 0 bridgehead atoms. The SMILES string of the molecule is CC(=O)C(C)(C)C(Cl)C=C(Cl)Cl. The third-order valence-electron chi connectivity index (χ3n) is 1.87. The molecule has 1 unspecified atom stereocenters. The zero-order valence-electron chi connectivity index (χ0n) is 7.20. The highest BCUT2D eigenvalue weighted by Gasteiger charge is 2.31. The molecule has 0 N–H and O–H groups in total. The number of carbonyl (C=O) groups excluding carboxylic acids is 1. The first-order valence-electron chi connectivity index (χ1n) is 3.46. The fraction of sp³-hybridized carbons (Fsp3) is 0.625. The summed E-state index contributed by atoms with van der Waals surface area (Å²) < 4.78 is 0.0873. The zero-order valence-corrected chi connectivity index (χ0v) is 9.46. The number of hydrogen-bond acceptors (Lipinski definition) is 1. The Morgan fingerprint density at radius 3 is 2.08 bits per heavy atom. The van der Waals surface area contributed by atoms with Crippen molar-refractivity contribution < 1.29 is 4.79 Å². The average molecular weight is 230 g/mol. The molecule has 0 saturated heterocycles. The Bertz CT molecular complexity index is 204. The average Bonchev–Trinajstić information content (AvgIpc) is 1.85. The van der Waals surface area contributed by atoms with E-state index in [-0.39, 0.29) is 10.3 Å². The van der Waals surface area contributed by atoms with E-state index in [1.807, 2.05) is 0 Å². The van der Waals surface area contributed by atoms with Crippen LogP contribution in [0.5, 0.6) is 0 Å². The Morgan fingerprint density at radius 1 is 1.42 bits per heavy atom. The van der Waals surface area contributed by atoms with E-state index in [1.54, 1.807) is 13.8 Å². The summed E-state index contributed by atoms with van der Waals surface area (Å²) in [6.07, 6.45) is 1.45. The van der Waals surface area contributed by atoms with Crippen molar-refractivity contribution in [2.75, 3.05) is 0 Å². The molecule has 0 aliphatic rings. The van der Waals surface area contributed by atoms with Gasteiger partial charge in [0.05, 0.1) is 5.38 Å². The lowest BCUT2D eigenvalue weighted by molar-refractivity contribution is -0.124. The molecule has 0 amide bonds. The number of rotatable bonds is 3. The van der Waals surface area contributed by atoms with Crippen molar-refractivity contribution in [3.63, 3.8) is 0 Å². The van der Waals surface area contributed by atoms with Gasteiger partial charge in [-0.15, -0.1) is 11.6 Å². The van der Waals surface area contributed by atoms with Gasteiger partial charge in [0, 0.05) is 5.41 Å². The Balaban J connectivity index is 4.57. The van der Waals surface area contributed by atoms with Gasteiger partial charge in [-0.05, 0) is 13.0 Å². The van der Waals surface area contributed by atoms with Crippen LogP contribution < -0.4 is 0 Å². The van der Waals surface area contributed by atoms with Crippen LogP contribution in [0.1, 0.15) is 20.8 Å². The second-order valence-electron chi connectivity index (χ2n) is 3.14. The number of halogens is 3. The molecule has 0 aromatic carbocycles. The smallest absolute Gasteiger partial charge is 0.137 e. The van der Waals surface area contributed by atoms with Crippen molar-refractivity contribution in [1.29, 1.82) is 0 Å². The molecular formula is C8H11Cl3O. The summed E-state index contributed by atoms with van der Waals surface area (Å²) in [6, 6.07) is 0. The molecule has 0 aliphatic heterocycles. The molecule has 1 atom stereocenters. The summed E-state index contributed by atoms with van der Waals surface area (Å²) in [5.74, 6) is 0.00772. The molecule has 0 fully saturated rings. The highest BCUT2D eigenvalue weighted by molar-refractivity contribution is 6.56. The van der Waals surface area contributed by atoms with E-state index in [1.165, 1.54) is 13.0 Å². The summed E-state index contributed by atoms with van der Waals surface area (Å²) >= 11 is 16.7. The number of alkyl halides is 1. The van der Waals surface area contributed by atoms with Crippen molar-refractivity contribution >= 4 is 40.6 Å².